The van der Waals surface area contributed by atoms with Crippen LogP contribution in [-0.4, -0.2) is 10.2 Å². The first-order valence-electron chi connectivity index (χ1n) is 5.31. The maximum Gasteiger partial charge on any atom is 0.149 e. The van der Waals surface area contributed by atoms with Crippen molar-refractivity contribution in [3.05, 3.63) is 34.3 Å². The Labute approximate surface area is 103 Å². The molecule has 0 unspecified atom stereocenters. The lowest BCUT2D eigenvalue weighted by molar-refractivity contribution is 0.927. The standard InChI is InChI=1S/C12H14BrN3/c1-2-5-9-11(15-16-12(9)14)8-6-3-4-7-10(8)13/h3-4,6-7H,2,5H2,1H3,(H3,14,15,16). The minimum atomic E-state index is 0.604. The first kappa shape index (κ1) is 11.2. The van der Waals surface area contributed by atoms with E-state index in [2.05, 4.69) is 39.1 Å². The van der Waals surface area contributed by atoms with E-state index >= 15 is 0 Å². The predicted molar refractivity (Wildman–Crippen MR) is 70.1 cm³/mol. The summed E-state index contributed by atoms with van der Waals surface area (Å²) in [6.07, 6.45) is 2.00. The Hall–Kier alpha value is -1.29. The minimum Gasteiger partial charge on any atom is -0.382 e. The maximum atomic E-state index is 5.86. The zero-order chi connectivity index (χ0) is 11.5. The Morgan fingerprint density at radius 1 is 1.38 bits per heavy atom. The molecule has 0 fully saturated rings. The predicted octanol–water partition coefficient (Wildman–Crippen LogP) is 3.37. The SMILES string of the molecule is CCCc1c(N)n[nH]c1-c1ccccc1Br. The van der Waals surface area contributed by atoms with Gasteiger partial charge in [0.1, 0.15) is 5.82 Å². The molecule has 0 saturated carbocycles. The van der Waals surface area contributed by atoms with Crippen molar-refractivity contribution in [1.82, 2.24) is 10.2 Å². The van der Waals surface area contributed by atoms with Gasteiger partial charge < -0.3 is 5.73 Å². The van der Waals surface area contributed by atoms with Gasteiger partial charge in [-0.05, 0) is 12.5 Å². The van der Waals surface area contributed by atoms with Gasteiger partial charge in [0.25, 0.3) is 0 Å². The summed E-state index contributed by atoms with van der Waals surface area (Å²) < 4.78 is 1.05. The Morgan fingerprint density at radius 2 is 2.12 bits per heavy atom. The topological polar surface area (TPSA) is 54.7 Å². The van der Waals surface area contributed by atoms with Gasteiger partial charge in [-0.3, -0.25) is 5.10 Å². The normalized spacial score (nSPS) is 10.6. The highest BCUT2D eigenvalue weighted by Crippen LogP contribution is 2.31. The van der Waals surface area contributed by atoms with Gasteiger partial charge in [0.15, 0.2) is 0 Å². The summed E-state index contributed by atoms with van der Waals surface area (Å²) in [5.41, 5.74) is 9.09. The molecular formula is C12H14BrN3. The number of anilines is 1. The number of nitrogen functional groups attached to an aromatic ring is 1. The average Bonchev–Trinajstić information content (AvgIpc) is 2.62. The Kier molecular flexibility index (Phi) is 3.29. The molecule has 0 aliphatic heterocycles. The smallest absolute Gasteiger partial charge is 0.149 e. The molecule has 0 amide bonds. The number of aromatic amines is 1. The third-order valence-electron chi connectivity index (χ3n) is 2.54. The fourth-order valence-electron chi connectivity index (χ4n) is 1.77. The van der Waals surface area contributed by atoms with E-state index in [1.54, 1.807) is 0 Å². The van der Waals surface area contributed by atoms with Gasteiger partial charge in [0.2, 0.25) is 0 Å². The molecule has 2 rings (SSSR count). The summed E-state index contributed by atoms with van der Waals surface area (Å²) in [5, 5.41) is 7.10. The molecule has 0 spiro atoms. The van der Waals surface area contributed by atoms with E-state index in [1.807, 2.05) is 18.2 Å². The molecule has 1 aromatic heterocycles. The lowest BCUT2D eigenvalue weighted by Gasteiger charge is -2.04. The maximum absolute atomic E-state index is 5.86. The van der Waals surface area contributed by atoms with E-state index in [9.17, 15) is 0 Å². The van der Waals surface area contributed by atoms with Crippen LogP contribution in [0.15, 0.2) is 28.7 Å². The third kappa shape index (κ3) is 1.97. The summed E-state index contributed by atoms with van der Waals surface area (Å²) in [4.78, 5) is 0. The van der Waals surface area contributed by atoms with Gasteiger partial charge in [0.05, 0.1) is 5.69 Å². The highest BCUT2D eigenvalue weighted by molar-refractivity contribution is 9.10. The van der Waals surface area contributed by atoms with Crippen LogP contribution >= 0.6 is 15.9 Å². The Balaban J connectivity index is 2.52. The average molecular weight is 280 g/mol. The van der Waals surface area contributed by atoms with Crippen LogP contribution in [0.4, 0.5) is 5.82 Å². The number of H-pyrrole nitrogens is 1. The van der Waals surface area contributed by atoms with Crippen LogP contribution in [-0.2, 0) is 6.42 Å². The molecule has 2 aromatic rings. The number of hydrogen-bond donors (Lipinski definition) is 2. The second-order valence-electron chi connectivity index (χ2n) is 3.69. The molecule has 0 bridgehead atoms. The van der Waals surface area contributed by atoms with Crippen molar-refractivity contribution in [2.45, 2.75) is 19.8 Å². The van der Waals surface area contributed by atoms with Crippen molar-refractivity contribution in [1.29, 1.82) is 0 Å². The van der Waals surface area contributed by atoms with E-state index in [0.717, 1.165) is 34.1 Å². The number of nitrogens with one attached hydrogen (secondary N) is 1. The molecule has 3 nitrogen and oxygen atoms in total. The van der Waals surface area contributed by atoms with Crippen molar-refractivity contribution < 1.29 is 0 Å². The van der Waals surface area contributed by atoms with Gasteiger partial charge in [-0.2, -0.15) is 5.10 Å². The fraction of sp³-hybridized carbons (Fsp3) is 0.250. The van der Waals surface area contributed by atoms with Gasteiger partial charge in [0, 0.05) is 15.6 Å². The number of nitrogens with two attached hydrogens (primary N) is 1. The van der Waals surface area contributed by atoms with Crippen molar-refractivity contribution in [3.63, 3.8) is 0 Å². The molecule has 1 heterocycles. The molecule has 0 atom stereocenters. The summed E-state index contributed by atoms with van der Waals surface area (Å²) in [7, 11) is 0. The van der Waals surface area contributed by atoms with Gasteiger partial charge in [-0.1, -0.05) is 47.5 Å². The van der Waals surface area contributed by atoms with Crippen molar-refractivity contribution in [2.24, 2.45) is 0 Å². The molecule has 4 heteroatoms. The second kappa shape index (κ2) is 4.70. The molecule has 0 saturated heterocycles. The first-order valence-corrected chi connectivity index (χ1v) is 6.11. The van der Waals surface area contributed by atoms with Crippen LogP contribution in [0.3, 0.4) is 0 Å². The summed E-state index contributed by atoms with van der Waals surface area (Å²) in [6, 6.07) is 8.07. The number of aromatic nitrogens is 2. The monoisotopic (exact) mass is 279 g/mol. The number of hydrogen-bond acceptors (Lipinski definition) is 2. The van der Waals surface area contributed by atoms with Crippen LogP contribution in [0.2, 0.25) is 0 Å². The molecule has 3 N–H and O–H groups in total. The van der Waals surface area contributed by atoms with E-state index in [4.69, 9.17) is 5.73 Å². The Bertz CT molecular complexity index is 491. The van der Waals surface area contributed by atoms with Gasteiger partial charge in [-0.15, -0.1) is 0 Å². The molecule has 1 aromatic carbocycles. The van der Waals surface area contributed by atoms with Crippen LogP contribution < -0.4 is 5.73 Å². The van der Waals surface area contributed by atoms with E-state index in [-0.39, 0.29) is 0 Å². The summed E-state index contributed by atoms with van der Waals surface area (Å²) in [6.45, 7) is 2.14. The van der Waals surface area contributed by atoms with Crippen LogP contribution in [0.1, 0.15) is 18.9 Å². The zero-order valence-corrected chi connectivity index (χ0v) is 10.7. The molecule has 0 aliphatic rings. The third-order valence-corrected chi connectivity index (χ3v) is 3.23. The molecule has 84 valence electrons. The van der Waals surface area contributed by atoms with Gasteiger partial charge in [-0.25, -0.2) is 0 Å². The largest absolute Gasteiger partial charge is 0.382 e. The lowest BCUT2D eigenvalue weighted by Crippen LogP contribution is -1.92. The summed E-state index contributed by atoms with van der Waals surface area (Å²) in [5.74, 6) is 0.604. The molecule has 0 radical (unpaired) electrons. The van der Waals surface area contributed by atoms with Crippen molar-refractivity contribution in [3.8, 4) is 11.3 Å². The second-order valence-corrected chi connectivity index (χ2v) is 4.55. The van der Waals surface area contributed by atoms with Crippen LogP contribution in [0.5, 0.6) is 0 Å². The van der Waals surface area contributed by atoms with Crippen molar-refractivity contribution in [2.75, 3.05) is 5.73 Å². The van der Waals surface area contributed by atoms with Gasteiger partial charge >= 0.3 is 0 Å². The lowest BCUT2D eigenvalue weighted by atomic mass is 10.0. The Morgan fingerprint density at radius 3 is 2.81 bits per heavy atom. The highest BCUT2D eigenvalue weighted by atomic mass is 79.9. The minimum absolute atomic E-state index is 0.604. The molecular weight excluding hydrogens is 266 g/mol. The number of nitrogens with zero attached hydrogens (tertiary/aromatic N) is 1. The number of benzene rings is 1. The van der Waals surface area contributed by atoms with Crippen molar-refractivity contribution >= 4 is 21.7 Å². The quantitative estimate of drug-likeness (QED) is 0.905. The van der Waals surface area contributed by atoms with Crippen LogP contribution in [0.25, 0.3) is 11.3 Å². The van der Waals surface area contributed by atoms with E-state index < -0.39 is 0 Å². The van der Waals surface area contributed by atoms with Crippen LogP contribution in [0, 0.1) is 0 Å². The first-order chi connectivity index (χ1) is 7.74. The molecule has 16 heavy (non-hydrogen) atoms. The highest BCUT2D eigenvalue weighted by Gasteiger charge is 2.13. The van der Waals surface area contributed by atoms with E-state index in [0.29, 0.717) is 5.82 Å². The summed E-state index contributed by atoms with van der Waals surface area (Å²) >= 11 is 3.54. The van der Waals surface area contributed by atoms with E-state index in [1.165, 1.54) is 0 Å². The fourth-order valence-corrected chi connectivity index (χ4v) is 2.25. The number of halogens is 1. The number of rotatable bonds is 3. The molecule has 0 aliphatic carbocycles. The zero-order valence-electron chi connectivity index (χ0n) is 9.13.